The largest absolute Gasteiger partial charge is 0.477 e. The van der Waals surface area contributed by atoms with Crippen molar-refractivity contribution in [3.63, 3.8) is 0 Å². The van der Waals surface area contributed by atoms with Crippen molar-refractivity contribution in [2.24, 2.45) is 5.41 Å². The maximum atomic E-state index is 11.3. The first-order valence-corrected chi connectivity index (χ1v) is 5.58. The van der Waals surface area contributed by atoms with Crippen molar-refractivity contribution < 1.29 is 9.90 Å². The molecule has 0 aromatic carbocycles. The Morgan fingerprint density at radius 2 is 2.12 bits per heavy atom. The van der Waals surface area contributed by atoms with Crippen LogP contribution in [0.3, 0.4) is 0 Å². The Bertz CT molecular complexity index is 564. The molecule has 2 aromatic rings. The molecule has 0 saturated heterocycles. The summed E-state index contributed by atoms with van der Waals surface area (Å²) in [6, 6.07) is 5.48. The van der Waals surface area contributed by atoms with Gasteiger partial charge < -0.3 is 5.11 Å². The van der Waals surface area contributed by atoms with Crippen LogP contribution in [-0.4, -0.2) is 20.5 Å². The third-order valence-electron chi connectivity index (χ3n) is 2.50. The number of carboxylic acid groups (broad SMARTS) is 1. The lowest BCUT2D eigenvalue weighted by Gasteiger charge is -2.16. The number of hydrogen-bond donors (Lipinski definition) is 1. The Morgan fingerprint density at radius 3 is 2.71 bits per heavy atom. The van der Waals surface area contributed by atoms with E-state index in [1.54, 1.807) is 10.6 Å². The highest BCUT2D eigenvalue weighted by Gasteiger charge is 2.22. The molecular formula is C13H16N2O2. The molecular weight excluding hydrogens is 216 g/mol. The first-order valence-electron chi connectivity index (χ1n) is 5.58. The van der Waals surface area contributed by atoms with Gasteiger partial charge in [0.2, 0.25) is 0 Å². The first-order chi connectivity index (χ1) is 7.88. The zero-order valence-corrected chi connectivity index (χ0v) is 10.3. The monoisotopic (exact) mass is 232 g/mol. The molecule has 4 heteroatoms. The van der Waals surface area contributed by atoms with Gasteiger partial charge in [0.05, 0.1) is 5.69 Å². The lowest BCUT2D eigenvalue weighted by atomic mass is 9.90. The Hall–Kier alpha value is -1.84. The summed E-state index contributed by atoms with van der Waals surface area (Å²) in [6.45, 7) is 6.22. The molecule has 90 valence electrons. The van der Waals surface area contributed by atoms with Crippen molar-refractivity contribution >= 4 is 11.6 Å². The number of imidazole rings is 1. The quantitative estimate of drug-likeness (QED) is 0.866. The number of pyridine rings is 1. The molecule has 0 aliphatic rings. The fourth-order valence-electron chi connectivity index (χ4n) is 1.90. The van der Waals surface area contributed by atoms with E-state index in [0.29, 0.717) is 17.8 Å². The second-order valence-electron chi connectivity index (χ2n) is 5.38. The molecule has 2 aromatic heterocycles. The fourth-order valence-corrected chi connectivity index (χ4v) is 1.90. The van der Waals surface area contributed by atoms with E-state index in [1.807, 2.05) is 18.2 Å². The number of nitrogens with zero attached hydrogens (tertiary/aromatic N) is 2. The molecule has 17 heavy (non-hydrogen) atoms. The maximum Gasteiger partial charge on any atom is 0.354 e. The van der Waals surface area contributed by atoms with Crippen LogP contribution in [0.2, 0.25) is 0 Å². The molecule has 2 heterocycles. The molecule has 0 atom stereocenters. The minimum Gasteiger partial charge on any atom is -0.477 e. The molecule has 0 radical (unpaired) electrons. The third kappa shape index (κ3) is 2.30. The fraction of sp³-hybridized carbons (Fsp3) is 0.385. The van der Waals surface area contributed by atoms with Gasteiger partial charge in [-0.2, -0.15) is 0 Å². The molecule has 0 fully saturated rings. The van der Waals surface area contributed by atoms with E-state index in [-0.39, 0.29) is 11.1 Å². The standard InChI is InChI=1S/C13H16N2O2/c1-13(2,3)8-9-11(12(16)17)15-7-5-4-6-10(15)14-9/h4-7H,8H2,1-3H3,(H,16,17). The number of rotatable bonds is 2. The first kappa shape index (κ1) is 11.6. The lowest BCUT2D eigenvalue weighted by molar-refractivity contribution is 0.0687. The summed E-state index contributed by atoms with van der Waals surface area (Å²) in [5, 5.41) is 9.29. The summed E-state index contributed by atoms with van der Waals surface area (Å²) in [5.41, 5.74) is 1.62. The van der Waals surface area contributed by atoms with Crippen LogP contribution in [0.25, 0.3) is 5.65 Å². The Kier molecular flexibility index (Phi) is 2.65. The van der Waals surface area contributed by atoms with Crippen LogP contribution < -0.4 is 0 Å². The van der Waals surface area contributed by atoms with E-state index >= 15 is 0 Å². The zero-order valence-electron chi connectivity index (χ0n) is 10.3. The molecule has 2 rings (SSSR count). The van der Waals surface area contributed by atoms with Gasteiger partial charge >= 0.3 is 5.97 Å². The van der Waals surface area contributed by atoms with Crippen LogP contribution in [0.15, 0.2) is 24.4 Å². The van der Waals surface area contributed by atoms with Crippen molar-refractivity contribution in [2.75, 3.05) is 0 Å². The summed E-state index contributed by atoms with van der Waals surface area (Å²) in [4.78, 5) is 15.7. The molecule has 0 unspecified atom stereocenters. The second kappa shape index (κ2) is 3.87. The molecule has 4 nitrogen and oxygen atoms in total. The van der Waals surface area contributed by atoms with Gasteiger partial charge in [-0.25, -0.2) is 9.78 Å². The second-order valence-corrected chi connectivity index (χ2v) is 5.38. The number of fused-ring (bicyclic) bond motifs is 1. The number of aromatic carboxylic acids is 1. The average Bonchev–Trinajstić information content (AvgIpc) is 2.51. The van der Waals surface area contributed by atoms with Crippen LogP contribution in [0, 0.1) is 5.41 Å². The van der Waals surface area contributed by atoms with E-state index in [4.69, 9.17) is 0 Å². The van der Waals surface area contributed by atoms with Crippen molar-refractivity contribution in [3.8, 4) is 0 Å². The Balaban J connectivity index is 2.62. The van der Waals surface area contributed by atoms with Crippen molar-refractivity contribution in [3.05, 3.63) is 35.8 Å². The summed E-state index contributed by atoms with van der Waals surface area (Å²) in [7, 11) is 0. The predicted molar refractivity (Wildman–Crippen MR) is 65.3 cm³/mol. The van der Waals surface area contributed by atoms with Crippen LogP contribution in [-0.2, 0) is 6.42 Å². The summed E-state index contributed by atoms with van der Waals surface area (Å²) < 4.78 is 1.63. The average molecular weight is 232 g/mol. The van der Waals surface area contributed by atoms with Gasteiger partial charge in [-0.3, -0.25) is 4.40 Å². The Labute approximate surface area is 99.9 Å². The van der Waals surface area contributed by atoms with Gasteiger partial charge in [0.1, 0.15) is 5.65 Å². The van der Waals surface area contributed by atoms with Gasteiger partial charge in [0, 0.05) is 6.20 Å². The van der Waals surface area contributed by atoms with E-state index in [1.165, 1.54) is 0 Å². The predicted octanol–water partition coefficient (Wildman–Crippen LogP) is 2.62. The summed E-state index contributed by atoms with van der Waals surface area (Å²) in [6.07, 6.45) is 2.38. The van der Waals surface area contributed by atoms with E-state index in [9.17, 15) is 9.90 Å². The van der Waals surface area contributed by atoms with Gasteiger partial charge in [-0.15, -0.1) is 0 Å². The molecule has 0 amide bonds. The highest BCUT2D eigenvalue weighted by atomic mass is 16.4. The van der Waals surface area contributed by atoms with Crippen molar-refractivity contribution in [2.45, 2.75) is 27.2 Å². The Morgan fingerprint density at radius 1 is 1.41 bits per heavy atom. The molecule has 1 N–H and O–H groups in total. The summed E-state index contributed by atoms with van der Waals surface area (Å²) >= 11 is 0. The van der Waals surface area contributed by atoms with E-state index < -0.39 is 5.97 Å². The maximum absolute atomic E-state index is 11.3. The number of carboxylic acids is 1. The molecule has 0 bridgehead atoms. The zero-order chi connectivity index (χ0) is 12.6. The SMILES string of the molecule is CC(C)(C)Cc1nc2ccccn2c1C(=O)O. The van der Waals surface area contributed by atoms with Crippen molar-refractivity contribution in [1.82, 2.24) is 9.38 Å². The van der Waals surface area contributed by atoms with Crippen molar-refractivity contribution in [1.29, 1.82) is 0 Å². The normalized spacial score (nSPS) is 11.9. The van der Waals surface area contributed by atoms with Crippen LogP contribution >= 0.6 is 0 Å². The highest BCUT2D eigenvalue weighted by molar-refractivity contribution is 5.88. The number of hydrogen-bond acceptors (Lipinski definition) is 2. The molecule has 0 saturated carbocycles. The van der Waals surface area contributed by atoms with Gasteiger partial charge in [-0.1, -0.05) is 26.8 Å². The molecule has 0 aliphatic heterocycles. The minimum atomic E-state index is -0.928. The minimum absolute atomic E-state index is 0.0160. The van der Waals surface area contributed by atoms with E-state index in [0.717, 1.165) is 0 Å². The summed E-state index contributed by atoms with van der Waals surface area (Å²) in [5.74, 6) is -0.928. The molecule has 0 aliphatic carbocycles. The number of carbonyl (C=O) groups is 1. The smallest absolute Gasteiger partial charge is 0.354 e. The highest BCUT2D eigenvalue weighted by Crippen LogP contribution is 2.23. The topological polar surface area (TPSA) is 54.6 Å². The van der Waals surface area contributed by atoms with Gasteiger partial charge in [-0.05, 0) is 24.0 Å². The molecule has 0 spiro atoms. The van der Waals surface area contributed by atoms with E-state index in [2.05, 4.69) is 25.8 Å². The van der Waals surface area contributed by atoms with Crippen LogP contribution in [0.5, 0.6) is 0 Å². The lowest BCUT2D eigenvalue weighted by Crippen LogP contribution is -2.13. The third-order valence-corrected chi connectivity index (χ3v) is 2.50. The number of aromatic nitrogens is 2. The van der Waals surface area contributed by atoms with Gasteiger partial charge in [0.15, 0.2) is 5.69 Å². The van der Waals surface area contributed by atoms with Crippen LogP contribution in [0.1, 0.15) is 37.0 Å². The van der Waals surface area contributed by atoms with Gasteiger partial charge in [0.25, 0.3) is 0 Å². The van der Waals surface area contributed by atoms with Crippen LogP contribution in [0.4, 0.5) is 0 Å².